The third kappa shape index (κ3) is 5.33. The zero-order valence-electron chi connectivity index (χ0n) is 6.79. The van der Waals surface area contributed by atoms with Crippen LogP contribution in [0.3, 0.4) is 0 Å². The Balaban J connectivity index is 0.000000310. The zero-order valence-corrected chi connectivity index (χ0v) is 8.30. The van der Waals surface area contributed by atoms with Gasteiger partial charge in [-0.05, 0) is 12.1 Å². The highest BCUT2D eigenvalue weighted by Crippen LogP contribution is 2.30. The van der Waals surface area contributed by atoms with E-state index >= 15 is 0 Å². The summed E-state index contributed by atoms with van der Waals surface area (Å²) in [5.41, 5.74) is 0. The van der Waals surface area contributed by atoms with Crippen LogP contribution in [0, 0.1) is 0 Å². The van der Waals surface area contributed by atoms with Gasteiger partial charge in [0.2, 0.25) is 0 Å². The van der Waals surface area contributed by atoms with E-state index in [9.17, 15) is 0 Å². The maximum absolute atomic E-state index is 9.00. The second-order valence-electron chi connectivity index (χ2n) is 2.09. The Labute approximate surface area is 85.5 Å². The lowest BCUT2D eigenvalue weighted by Crippen LogP contribution is -1.78. The molecule has 0 atom stereocenters. The lowest BCUT2D eigenvalue weighted by atomic mass is 10.3. The van der Waals surface area contributed by atoms with Crippen LogP contribution in [-0.2, 0) is 4.79 Å². The van der Waals surface area contributed by atoms with Crippen LogP contribution in [0.5, 0.6) is 5.75 Å². The number of hydrogen-bond donors (Lipinski definition) is 2. The fourth-order valence-electron chi connectivity index (χ4n) is 0.489. The molecule has 1 aromatic carbocycles. The average molecular weight is 223 g/mol. The van der Waals surface area contributed by atoms with Crippen molar-refractivity contribution in [3.05, 3.63) is 28.2 Å². The largest absolute Gasteiger partial charge is 0.505 e. The minimum absolute atomic E-state index is 0.0548. The average Bonchev–Trinajstić information content (AvgIpc) is 1.99. The summed E-state index contributed by atoms with van der Waals surface area (Å²) >= 11 is 11.0. The molecule has 0 aliphatic rings. The molecule has 0 saturated heterocycles. The Morgan fingerprint density at radius 2 is 1.62 bits per heavy atom. The van der Waals surface area contributed by atoms with E-state index < -0.39 is 5.97 Å². The molecule has 1 rings (SSSR count). The van der Waals surface area contributed by atoms with E-state index in [4.69, 9.17) is 38.2 Å². The third-order valence-electron chi connectivity index (χ3n) is 0.938. The molecule has 0 unspecified atom stereocenters. The van der Waals surface area contributed by atoms with Gasteiger partial charge < -0.3 is 10.2 Å². The van der Waals surface area contributed by atoms with E-state index in [1.54, 1.807) is 18.2 Å². The quantitative estimate of drug-likeness (QED) is 0.710. The first-order valence-electron chi connectivity index (χ1n) is 3.27. The van der Waals surface area contributed by atoms with Gasteiger partial charge in [-0.15, -0.1) is 0 Å². The molecule has 0 fully saturated rings. The van der Waals surface area contributed by atoms with E-state index in [1.807, 2.05) is 0 Å². The van der Waals surface area contributed by atoms with Crippen LogP contribution in [0.15, 0.2) is 18.2 Å². The number of carboxylic acid groups (broad SMARTS) is 1. The fourth-order valence-corrected chi connectivity index (χ4v) is 0.886. The van der Waals surface area contributed by atoms with Crippen LogP contribution in [0.25, 0.3) is 0 Å². The van der Waals surface area contributed by atoms with Crippen molar-refractivity contribution in [2.75, 3.05) is 0 Å². The smallest absolute Gasteiger partial charge is 0.300 e. The predicted molar refractivity (Wildman–Crippen MR) is 51.4 cm³/mol. The van der Waals surface area contributed by atoms with Crippen LogP contribution >= 0.6 is 23.2 Å². The van der Waals surface area contributed by atoms with Gasteiger partial charge in [0.05, 0.1) is 10.0 Å². The van der Waals surface area contributed by atoms with Gasteiger partial charge in [-0.2, -0.15) is 0 Å². The third-order valence-corrected chi connectivity index (χ3v) is 1.55. The molecule has 72 valence electrons. The van der Waals surface area contributed by atoms with Crippen LogP contribution < -0.4 is 0 Å². The number of benzene rings is 1. The van der Waals surface area contributed by atoms with Crippen molar-refractivity contribution in [2.45, 2.75) is 6.92 Å². The maximum Gasteiger partial charge on any atom is 0.300 e. The highest BCUT2D eigenvalue weighted by Gasteiger charge is 1.99. The fraction of sp³-hybridized carbons (Fsp3) is 0.125. The number of phenolic OH excluding ortho intramolecular Hbond substituents is 1. The molecule has 0 aromatic heterocycles. The van der Waals surface area contributed by atoms with Gasteiger partial charge in [-0.25, -0.2) is 0 Å². The van der Waals surface area contributed by atoms with E-state index in [0.29, 0.717) is 0 Å². The molecule has 2 N–H and O–H groups in total. The molecule has 3 nitrogen and oxygen atoms in total. The van der Waals surface area contributed by atoms with Gasteiger partial charge in [0.1, 0.15) is 0 Å². The van der Waals surface area contributed by atoms with Gasteiger partial charge >= 0.3 is 0 Å². The van der Waals surface area contributed by atoms with Gasteiger partial charge in [0, 0.05) is 6.92 Å². The molecule has 5 heteroatoms. The number of phenols is 1. The summed E-state index contributed by atoms with van der Waals surface area (Å²) in [4.78, 5) is 9.00. The Kier molecular flexibility index (Phi) is 5.26. The Bertz CT molecular complexity index is 275. The number of aromatic hydroxyl groups is 1. The van der Waals surface area contributed by atoms with Gasteiger partial charge in [0.25, 0.3) is 5.97 Å². The molecule has 0 radical (unpaired) electrons. The molecule has 1 aromatic rings. The normalized spacial score (nSPS) is 8.54. The minimum atomic E-state index is -0.833. The molecular weight excluding hydrogens is 215 g/mol. The van der Waals surface area contributed by atoms with Crippen molar-refractivity contribution >= 4 is 29.2 Å². The summed E-state index contributed by atoms with van der Waals surface area (Å²) in [5.74, 6) is -0.888. The summed E-state index contributed by atoms with van der Waals surface area (Å²) < 4.78 is 0. The number of hydrogen-bond acceptors (Lipinski definition) is 2. The van der Waals surface area contributed by atoms with Crippen molar-refractivity contribution in [1.82, 2.24) is 0 Å². The molecule has 0 aliphatic heterocycles. The predicted octanol–water partition coefficient (Wildman–Crippen LogP) is 2.79. The van der Waals surface area contributed by atoms with Crippen LogP contribution in [0.4, 0.5) is 0 Å². The molecule has 13 heavy (non-hydrogen) atoms. The zero-order chi connectivity index (χ0) is 10.4. The first-order chi connectivity index (χ1) is 5.95. The van der Waals surface area contributed by atoms with Gasteiger partial charge in [-0.1, -0.05) is 29.3 Å². The molecule has 0 bridgehead atoms. The molecular formula is C8H8Cl2O3. The van der Waals surface area contributed by atoms with Crippen molar-refractivity contribution in [1.29, 1.82) is 0 Å². The summed E-state index contributed by atoms with van der Waals surface area (Å²) in [6.07, 6.45) is 0. The van der Waals surface area contributed by atoms with Crippen LogP contribution in [0.2, 0.25) is 10.0 Å². The number of carbonyl (C=O) groups is 1. The highest BCUT2D eigenvalue weighted by molar-refractivity contribution is 6.37. The Morgan fingerprint density at radius 1 is 1.31 bits per heavy atom. The summed E-state index contributed by atoms with van der Waals surface area (Å²) in [6, 6.07) is 4.82. The van der Waals surface area contributed by atoms with Crippen molar-refractivity contribution in [3.8, 4) is 5.75 Å². The second kappa shape index (κ2) is 5.67. The number of rotatable bonds is 0. The van der Waals surface area contributed by atoms with Crippen molar-refractivity contribution in [3.63, 3.8) is 0 Å². The van der Waals surface area contributed by atoms with Crippen molar-refractivity contribution < 1.29 is 15.0 Å². The summed E-state index contributed by atoms with van der Waals surface area (Å²) in [7, 11) is 0. The molecule has 0 spiro atoms. The molecule has 0 saturated carbocycles. The molecule has 0 amide bonds. The first kappa shape index (κ1) is 12.1. The Morgan fingerprint density at radius 3 is 1.85 bits per heavy atom. The first-order valence-corrected chi connectivity index (χ1v) is 4.03. The minimum Gasteiger partial charge on any atom is -0.505 e. The topological polar surface area (TPSA) is 57.5 Å². The van der Waals surface area contributed by atoms with E-state index in [1.165, 1.54) is 0 Å². The number of aliphatic carboxylic acids is 1. The lowest BCUT2D eigenvalue weighted by molar-refractivity contribution is -0.134. The lowest BCUT2D eigenvalue weighted by Gasteiger charge is -1.95. The standard InChI is InChI=1S/C6H4Cl2O.C2H4O2/c7-4-2-1-3-5(8)6(4)9;1-2(3)4/h1-3,9H;1H3,(H,3,4). The highest BCUT2D eigenvalue weighted by atomic mass is 35.5. The van der Waals surface area contributed by atoms with Crippen LogP contribution in [-0.4, -0.2) is 16.2 Å². The van der Waals surface area contributed by atoms with Crippen LogP contribution in [0.1, 0.15) is 6.92 Å². The number of carboxylic acids is 1. The maximum atomic E-state index is 9.00. The monoisotopic (exact) mass is 222 g/mol. The SMILES string of the molecule is CC(=O)O.Oc1c(Cl)cccc1Cl. The van der Waals surface area contributed by atoms with E-state index in [-0.39, 0.29) is 15.8 Å². The summed E-state index contributed by atoms with van der Waals surface area (Å²) in [6.45, 7) is 1.08. The Hall–Kier alpha value is -0.930. The molecule has 0 heterocycles. The van der Waals surface area contributed by atoms with Crippen molar-refractivity contribution in [2.24, 2.45) is 0 Å². The van der Waals surface area contributed by atoms with E-state index in [2.05, 4.69) is 0 Å². The van der Waals surface area contributed by atoms with Gasteiger partial charge in [-0.3, -0.25) is 4.79 Å². The second-order valence-corrected chi connectivity index (χ2v) is 2.90. The number of halogens is 2. The molecule has 0 aliphatic carbocycles. The summed E-state index contributed by atoms with van der Waals surface area (Å²) in [5, 5.41) is 16.9. The number of para-hydroxylation sites is 1. The van der Waals surface area contributed by atoms with Gasteiger partial charge in [0.15, 0.2) is 5.75 Å². The van der Waals surface area contributed by atoms with E-state index in [0.717, 1.165) is 6.92 Å².